The van der Waals surface area contributed by atoms with E-state index >= 15 is 0 Å². The van der Waals surface area contributed by atoms with Crippen LogP contribution in [0.3, 0.4) is 0 Å². The van der Waals surface area contributed by atoms with Gasteiger partial charge in [0.1, 0.15) is 17.5 Å². The molecule has 0 amide bonds. The molecule has 2 aromatic rings. The van der Waals surface area contributed by atoms with E-state index in [4.69, 9.17) is 27.3 Å². The average Bonchev–Trinajstić information content (AvgIpc) is 2.66. The fraction of sp³-hybridized carbons (Fsp3) is 0.250. The first-order valence-electron chi connectivity index (χ1n) is 8.46. The number of nitrogens with two attached hydrogens (primary N) is 1. The number of rotatable bonds is 2. The van der Waals surface area contributed by atoms with Crippen LogP contribution < -0.4 is 15.4 Å². The fourth-order valence-electron chi connectivity index (χ4n) is 3.26. The van der Waals surface area contributed by atoms with Crippen LogP contribution in [0.5, 0.6) is 5.75 Å². The quantitative estimate of drug-likeness (QED) is 0.458. The van der Waals surface area contributed by atoms with Crippen LogP contribution in [0.1, 0.15) is 31.0 Å². The Hall–Kier alpha value is -3.26. The number of fused-ring (bicyclic) bond motifs is 1. The van der Waals surface area contributed by atoms with Crippen LogP contribution in [-0.2, 0) is 0 Å². The first-order chi connectivity index (χ1) is 13.3. The normalized spacial score (nSPS) is 20.3. The van der Waals surface area contributed by atoms with Crippen molar-refractivity contribution in [1.29, 1.82) is 10.5 Å². The number of benzene rings is 2. The molecule has 2 aromatic carbocycles. The Balaban J connectivity index is 2.26. The number of anilines is 1. The Bertz CT molecular complexity index is 1000. The summed E-state index contributed by atoms with van der Waals surface area (Å²) in [5, 5.41) is 30.0. The molecule has 1 heterocycles. The van der Waals surface area contributed by atoms with E-state index in [1.54, 1.807) is 67.4 Å². The van der Waals surface area contributed by atoms with Crippen LogP contribution in [-0.4, -0.2) is 22.8 Å². The highest BCUT2D eigenvalue weighted by Crippen LogP contribution is 2.44. The van der Waals surface area contributed by atoms with E-state index < -0.39 is 17.7 Å². The van der Waals surface area contributed by atoms with Crippen LogP contribution in [0.4, 0.5) is 5.69 Å². The van der Waals surface area contributed by atoms with Gasteiger partial charge in [0.15, 0.2) is 0 Å². The van der Waals surface area contributed by atoms with Gasteiger partial charge in [-0.3, -0.25) is 0 Å². The zero-order chi connectivity index (χ0) is 20.5. The maximum Gasteiger partial charge on any atom is 0.212 e. The summed E-state index contributed by atoms with van der Waals surface area (Å²) in [6.07, 6.45) is 0.636. The molecular formula is C20H18ClN5O2. The van der Waals surface area contributed by atoms with E-state index in [9.17, 15) is 10.4 Å². The summed E-state index contributed by atoms with van der Waals surface area (Å²) in [5.74, 6) is 0.419. The van der Waals surface area contributed by atoms with Crippen LogP contribution >= 0.6 is 11.6 Å². The molecule has 1 aliphatic heterocycles. The van der Waals surface area contributed by atoms with E-state index in [0.29, 0.717) is 27.6 Å². The molecule has 0 saturated heterocycles. The lowest BCUT2D eigenvalue weighted by Gasteiger charge is -2.46. The van der Waals surface area contributed by atoms with Gasteiger partial charge in [-0.15, -0.1) is 4.99 Å². The molecule has 8 heteroatoms. The Morgan fingerprint density at radius 1 is 1.25 bits per heavy atom. The topological polar surface area (TPSA) is 119 Å². The molecule has 1 aliphatic rings. The van der Waals surface area contributed by atoms with Gasteiger partial charge in [-0.1, -0.05) is 11.6 Å². The zero-order valence-electron chi connectivity index (χ0n) is 15.3. The largest absolute Gasteiger partial charge is 0.485 e. The smallest absolute Gasteiger partial charge is 0.212 e. The monoisotopic (exact) mass is 395 g/mol. The highest BCUT2D eigenvalue weighted by atomic mass is 35.5. The first-order valence-corrected chi connectivity index (χ1v) is 8.84. The third-order valence-electron chi connectivity index (χ3n) is 4.64. The van der Waals surface area contributed by atoms with E-state index in [-0.39, 0.29) is 5.96 Å². The summed E-state index contributed by atoms with van der Waals surface area (Å²) >= 11 is 6.00. The number of aliphatic imine (C=N–C) groups is 1. The van der Waals surface area contributed by atoms with E-state index in [1.807, 2.05) is 0 Å². The molecule has 7 nitrogen and oxygen atoms in total. The molecule has 3 rings (SSSR count). The number of hydrogen-bond acceptors (Lipinski definition) is 5. The molecule has 0 fully saturated rings. The second-order valence-corrected chi connectivity index (χ2v) is 7.31. The summed E-state index contributed by atoms with van der Waals surface area (Å²) in [5.41, 5.74) is 6.71. The number of nitriles is 2. The Kier molecular flexibility index (Phi) is 5.15. The molecule has 0 aromatic heterocycles. The van der Waals surface area contributed by atoms with Crippen LogP contribution in [0.15, 0.2) is 47.5 Å². The van der Waals surface area contributed by atoms with Gasteiger partial charge in [0.2, 0.25) is 12.2 Å². The highest BCUT2D eigenvalue weighted by molar-refractivity contribution is 6.30. The molecule has 0 radical (unpaired) electrons. The van der Waals surface area contributed by atoms with E-state index in [1.165, 1.54) is 0 Å². The second kappa shape index (κ2) is 7.40. The van der Waals surface area contributed by atoms with Gasteiger partial charge in [-0.2, -0.15) is 10.5 Å². The number of hydrogen-bond donors (Lipinski definition) is 2. The van der Waals surface area contributed by atoms with Crippen molar-refractivity contribution in [3.8, 4) is 18.0 Å². The summed E-state index contributed by atoms with van der Waals surface area (Å²) in [7, 11) is 0. The molecule has 2 atom stereocenters. The average molecular weight is 396 g/mol. The molecule has 0 spiro atoms. The summed E-state index contributed by atoms with van der Waals surface area (Å²) < 4.78 is 5.95. The molecule has 0 unspecified atom stereocenters. The number of ether oxygens (including phenoxy) is 1. The van der Waals surface area contributed by atoms with Gasteiger partial charge in [0, 0.05) is 16.3 Å². The van der Waals surface area contributed by atoms with Crippen molar-refractivity contribution in [2.75, 3.05) is 4.90 Å². The van der Waals surface area contributed by atoms with Gasteiger partial charge >= 0.3 is 0 Å². The molecule has 3 N–H and O–H groups in total. The third kappa shape index (κ3) is 3.46. The van der Waals surface area contributed by atoms with Crippen molar-refractivity contribution >= 4 is 23.2 Å². The second-order valence-electron chi connectivity index (χ2n) is 6.88. The minimum atomic E-state index is -1.04. The van der Waals surface area contributed by atoms with Crippen LogP contribution in [0.2, 0.25) is 5.02 Å². The lowest BCUT2D eigenvalue weighted by molar-refractivity contribution is -0.0565. The van der Waals surface area contributed by atoms with Crippen molar-refractivity contribution in [3.05, 3.63) is 58.6 Å². The molecule has 28 heavy (non-hydrogen) atoms. The molecule has 142 valence electrons. The molecule has 0 aliphatic carbocycles. The van der Waals surface area contributed by atoms with E-state index in [2.05, 4.69) is 11.1 Å². The number of nitrogens with zero attached hydrogens (tertiary/aromatic N) is 4. The van der Waals surface area contributed by atoms with Gasteiger partial charge in [-0.05, 0) is 56.3 Å². The zero-order valence-corrected chi connectivity index (χ0v) is 16.1. The summed E-state index contributed by atoms with van der Waals surface area (Å²) in [6, 6.07) is 13.1. The fourth-order valence-corrected chi connectivity index (χ4v) is 3.38. The number of aliphatic hydroxyl groups excluding tert-OH is 1. The summed E-state index contributed by atoms with van der Waals surface area (Å²) in [4.78, 5) is 5.22. The Morgan fingerprint density at radius 3 is 2.54 bits per heavy atom. The van der Waals surface area contributed by atoms with Crippen LogP contribution in [0.25, 0.3) is 0 Å². The van der Waals surface area contributed by atoms with Gasteiger partial charge in [0.25, 0.3) is 0 Å². The maximum atomic E-state index is 11.1. The number of halogens is 1. The van der Waals surface area contributed by atoms with Crippen molar-refractivity contribution in [2.24, 2.45) is 10.7 Å². The molecular weight excluding hydrogens is 378 g/mol. The standard InChI is InChI=1S/C20H18ClN5O2/c1-20(2)18(27)17(15-9-12(10-22)3-8-16(15)28-20)26(19(24)25-11-23)14-6-4-13(21)5-7-14/h3-9,17-18,27H,1-2H3,(H2,24,25)/t17-,18+/m1/s1. The first kappa shape index (κ1) is 19.5. The Labute approximate surface area is 167 Å². The molecule has 0 saturated carbocycles. The lowest BCUT2D eigenvalue weighted by atomic mass is 9.84. The lowest BCUT2D eigenvalue weighted by Crippen LogP contribution is -2.56. The Morgan fingerprint density at radius 2 is 1.93 bits per heavy atom. The number of aliphatic hydroxyl groups is 1. The predicted molar refractivity (Wildman–Crippen MR) is 106 cm³/mol. The van der Waals surface area contributed by atoms with E-state index in [0.717, 1.165) is 0 Å². The van der Waals surface area contributed by atoms with Crippen molar-refractivity contribution in [1.82, 2.24) is 0 Å². The van der Waals surface area contributed by atoms with Crippen molar-refractivity contribution in [3.63, 3.8) is 0 Å². The van der Waals surface area contributed by atoms with Gasteiger partial charge < -0.3 is 20.5 Å². The third-order valence-corrected chi connectivity index (χ3v) is 4.89. The maximum absolute atomic E-state index is 11.1. The molecule has 0 bridgehead atoms. The predicted octanol–water partition coefficient (Wildman–Crippen LogP) is 3.09. The minimum Gasteiger partial charge on any atom is -0.485 e. The highest BCUT2D eigenvalue weighted by Gasteiger charge is 2.46. The minimum absolute atomic E-state index is 0.0973. The van der Waals surface area contributed by atoms with Crippen LogP contribution in [0, 0.1) is 22.8 Å². The number of guanidine groups is 1. The SMILES string of the molecule is CC1(C)Oc2ccc(C#N)cc2[C@@H](N(C(N)=NC#N)c2ccc(Cl)cc2)[C@@H]1O. The van der Waals surface area contributed by atoms with Crippen molar-refractivity contribution in [2.45, 2.75) is 31.6 Å². The van der Waals surface area contributed by atoms with Crippen molar-refractivity contribution < 1.29 is 9.84 Å². The van der Waals surface area contributed by atoms with Gasteiger partial charge in [0.05, 0.1) is 17.7 Å². The van der Waals surface area contributed by atoms with Gasteiger partial charge in [-0.25, -0.2) is 0 Å². The summed E-state index contributed by atoms with van der Waals surface area (Å²) in [6.45, 7) is 3.51.